The number of fused-ring (bicyclic) bond motifs is 1. The van der Waals surface area contributed by atoms with Gasteiger partial charge in [-0.05, 0) is 73.2 Å². The fourth-order valence-corrected chi connectivity index (χ4v) is 3.87. The van der Waals surface area contributed by atoms with Gasteiger partial charge in [0.1, 0.15) is 5.75 Å². The average Bonchev–Trinajstić information content (AvgIpc) is 2.98. The largest absolute Gasteiger partial charge is 0.496 e. The van der Waals surface area contributed by atoms with Crippen LogP contribution in [0.25, 0.3) is 0 Å². The van der Waals surface area contributed by atoms with Gasteiger partial charge in [0.2, 0.25) is 0 Å². The number of hydrogen-bond acceptors (Lipinski definition) is 2. The lowest BCUT2D eigenvalue weighted by molar-refractivity contribution is 0.269. The van der Waals surface area contributed by atoms with E-state index in [4.69, 9.17) is 22.1 Å². The van der Waals surface area contributed by atoms with Crippen LogP contribution in [0.2, 0.25) is 5.02 Å². The maximum Gasteiger partial charge on any atom is 0.122 e. The van der Waals surface area contributed by atoms with Gasteiger partial charge in [0.05, 0.1) is 7.11 Å². The van der Waals surface area contributed by atoms with Crippen LogP contribution in [0.4, 0.5) is 0 Å². The smallest absolute Gasteiger partial charge is 0.122 e. The standard InChI is InChI=1S/C15H20ClNO/c1-18-14-3-2-13(16)5-12(14)8-15(9-17)6-10-4-11(10)7-15/h2-3,5,10-11H,4,6-9,17H2,1H3. The van der Waals surface area contributed by atoms with E-state index < -0.39 is 0 Å². The molecule has 2 saturated carbocycles. The third-order valence-electron chi connectivity index (χ3n) is 4.70. The Hall–Kier alpha value is -0.730. The van der Waals surface area contributed by atoms with Crippen molar-refractivity contribution in [1.82, 2.24) is 0 Å². The Labute approximate surface area is 113 Å². The van der Waals surface area contributed by atoms with Crippen molar-refractivity contribution in [2.24, 2.45) is 23.0 Å². The van der Waals surface area contributed by atoms with Crippen molar-refractivity contribution in [2.45, 2.75) is 25.7 Å². The average molecular weight is 266 g/mol. The van der Waals surface area contributed by atoms with Crippen molar-refractivity contribution < 1.29 is 4.74 Å². The summed E-state index contributed by atoms with van der Waals surface area (Å²) in [4.78, 5) is 0. The summed E-state index contributed by atoms with van der Waals surface area (Å²) < 4.78 is 5.44. The molecule has 0 spiro atoms. The van der Waals surface area contributed by atoms with E-state index in [0.717, 1.165) is 35.6 Å². The molecule has 2 N–H and O–H groups in total. The van der Waals surface area contributed by atoms with Crippen LogP contribution < -0.4 is 10.5 Å². The van der Waals surface area contributed by atoms with Crippen LogP contribution >= 0.6 is 11.6 Å². The van der Waals surface area contributed by atoms with E-state index in [1.807, 2.05) is 18.2 Å². The molecule has 0 saturated heterocycles. The zero-order valence-electron chi connectivity index (χ0n) is 10.8. The summed E-state index contributed by atoms with van der Waals surface area (Å²) in [5, 5.41) is 0.779. The number of benzene rings is 1. The van der Waals surface area contributed by atoms with E-state index in [-0.39, 0.29) is 5.41 Å². The number of rotatable bonds is 4. The highest BCUT2D eigenvalue weighted by atomic mass is 35.5. The summed E-state index contributed by atoms with van der Waals surface area (Å²) in [5.74, 6) is 2.82. The fourth-order valence-electron chi connectivity index (χ4n) is 3.68. The maximum atomic E-state index is 6.10. The van der Waals surface area contributed by atoms with Crippen LogP contribution in [0, 0.1) is 17.3 Å². The number of hydrogen-bond donors (Lipinski definition) is 1. The van der Waals surface area contributed by atoms with Gasteiger partial charge >= 0.3 is 0 Å². The molecule has 1 aromatic rings. The molecule has 18 heavy (non-hydrogen) atoms. The van der Waals surface area contributed by atoms with Crippen molar-refractivity contribution in [1.29, 1.82) is 0 Å². The van der Waals surface area contributed by atoms with Crippen molar-refractivity contribution in [2.75, 3.05) is 13.7 Å². The minimum absolute atomic E-state index is 0.283. The first-order valence-corrected chi connectivity index (χ1v) is 7.06. The molecule has 2 aliphatic rings. The highest BCUT2D eigenvalue weighted by molar-refractivity contribution is 6.30. The van der Waals surface area contributed by atoms with Crippen LogP contribution in [0.15, 0.2) is 18.2 Å². The van der Waals surface area contributed by atoms with Crippen molar-refractivity contribution in [3.05, 3.63) is 28.8 Å². The van der Waals surface area contributed by atoms with Gasteiger partial charge in [0, 0.05) is 5.02 Å². The SMILES string of the molecule is COc1ccc(Cl)cc1CC1(CN)CC2CC2C1. The van der Waals surface area contributed by atoms with Gasteiger partial charge in [-0.25, -0.2) is 0 Å². The molecule has 0 bridgehead atoms. The molecule has 2 fully saturated rings. The molecule has 3 heteroatoms. The van der Waals surface area contributed by atoms with Crippen LogP contribution in [0.1, 0.15) is 24.8 Å². The van der Waals surface area contributed by atoms with Crippen LogP contribution in [-0.2, 0) is 6.42 Å². The summed E-state index contributed by atoms with van der Waals surface area (Å²) in [6.45, 7) is 0.773. The molecule has 3 rings (SSSR count). The number of halogens is 1. The summed E-state index contributed by atoms with van der Waals surface area (Å²) in [7, 11) is 1.72. The lowest BCUT2D eigenvalue weighted by Crippen LogP contribution is -2.31. The number of methoxy groups -OCH3 is 1. The Morgan fingerprint density at radius 1 is 1.39 bits per heavy atom. The lowest BCUT2D eigenvalue weighted by atomic mass is 9.77. The van der Waals surface area contributed by atoms with Gasteiger partial charge in [-0.3, -0.25) is 0 Å². The predicted octanol–water partition coefficient (Wildman–Crippen LogP) is 3.27. The number of ether oxygens (including phenoxy) is 1. The highest BCUT2D eigenvalue weighted by Gasteiger charge is 2.53. The molecular formula is C15H20ClNO. The van der Waals surface area contributed by atoms with Crippen LogP contribution in [-0.4, -0.2) is 13.7 Å². The zero-order chi connectivity index (χ0) is 12.8. The van der Waals surface area contributed by atoms with Crippen molar-refractivity contribution in [3.63, 3.8) is 0 Å². The maximum absolute atomic E-state index is 6.10. The Bertz CT molecular complexity index is 450. The van der Waals surface area contributed by atoms with Gasteiger partial charge in [0.15, 0.2) is 0 Å². The van der Waals surface area contributed by atoms with Gasteiger partial charge in [0.25, 0.3) is 0 Å². The van der Waals surface area contributed by atoms with Crippen LogP contribution in [0.3, 0.4) is 0 Å². The molecule has 98 valence electrons. The van der Waals surface area contributed by atoms with E-state index >= 15 is 0 Å². The summed E-state index contributed by atoms with van der Waals surface area (Å²) in [5.41, 5.74) is 7.54. The minimum Gasteiger partial charge on any atom is -0.496 e. The summed E-state index contributed by atoms with van der Waals surface area (Å²) >= 11 is 6.10. The molecule has 2 atom stereocenters. The molecule has 0 aromatic heterocycles. The van der Waals surface area contributed by atoms with Crippen LogP contribution in [0.5, 0.6) is 5.75 Å². The molecule has 0 radical (unpaired) electrons. The van der Waals surface area contributed by atoms with Crippen molar-refractivity contribution >= 4 is 11.6 Å². The molecule has 1 aromatic carbocycles. The third kappa shape index (κ3) is 2.12. The topological polar surface area (TPSA) is 35.2 Å². The molecule has 0 amide bonds. The first kappa shape index (κ1) is 12.3. The molecule has 0 aliphatic heterocycles. The summed E-state index contributed by atoms with van der Waals surface area (Å²) in [6, 6.07) is 5.87. The van der Waals surface area contributed by atoms with Gasteiger partial charge < -0.3 is 10.5 Å². The summed E-state index contributed by atoms with van der Waals surface area (Å²) in [6.07, 6.45) is 4.99. The predicted molar refractivity (Wildman–Crippen MR) is 74.0 cm³/mol. The first-order chi connectivity index (χ1) is 8.65. The highest BCUT2D eigenvalue weighted by Crippen LogP contribution is 2.60. The minimum atomic E-state index is 0.283. The quantitative estimate of drug-likeness (QED) is 0.907. The first-order valence-electron chi connectivity index (χ1n) is 6.68. The van der Waals surface area contributed by atoms with E-state index in [1.165, 1.54) is 24.8 Å². The van der Waals surface area contributed by atoms with E-state index in [0.29, 0.717) is 0 Å². The normalized spacial score (nSPS) is 33.3. The second kappa shape index (κ2) is 4.43. The Kier molecular flexibility index (Phi) is 3.03. The van der Waals surface area contributed by atoms with Gasteiger partial charge in [-0.2, -0.15) is 0 Å². The molecular weight excluding hydrogens is 246 g/mol. The Balaban J connectivity index is 1.84. The van der Waals surface area contributed by atoms with Gasteiger partial charge in [-0.15, -0.1) is 0 Å². The monoisotopic (exact) mass is 265 g/mol. The fraction of sp³-hybridized carbons (Fsp3) is 0.600. The Morgan fingerprint density at radius 2 is 2.11 bits per heavy atom. The van der Waals surface area contributed by atoms with E-state index in [1.54, 1.807) is 7.11 Å². The van der Waals surface area contributed by atoms with Crippen molar-refractivity contribution in [3.8, 4) is 5.75 Å². The third-order valence-corrected chi connectivity index (χ3v) is 4.94. The molecule has 2 nitrogen and oxygen atoms in total. The molecule has 2 unspecified atom stereocenters. The Morgan fingerprint density at radius 3 is 2.72 bits per heavy atom. The lowest BCUT2D eigenvalue weighted by Gasteiger charge is -2.30. The molecule has 2 aliphatic carbocycles. The zero-order valence-corrected chi connectivity index (χ0v) is 11.5. The molecule has 0 heterocycles. The van der Waals surface area contributed by atoms with E-state index in [9.17, 15) is 0 Å². The van der Waals surface area contributed by atoms with Gasteiger partial charge in [-0.1, -0.05) is 11.6 Å². The second-order valence-corrected chi connectivity index (χ2v) is 6.44. The second-order valence-electron chi connectivity index (χ2n) is 6.00. The van der Waals surface area contributed by atoms with E-state index in [2.05, 4.69) is 0 Å². The number of nitrogens with two attached hydrogens (primary N) is 1.